The third kappa shape index (κ3) is 3.29. The molecule has 21 heavy (non-hydrogen) atoms. The molecular formula is C16H16ClNO3. The van der Waals surface area contributed by atoms with Crippen molar-refractivity contribution in [1.29, 1.82) is 0 Å². The first-order valence-corrected chi connectivity index (χ1v) is 7.07. The predicted molar refractivity (Wildman–Crippen MR) is 80.4 cm³/mol. The topological polar surface area (TPSA) is 53.7 Å². The summed E-state index contributed by atoms with van der Waals surface area (Å²) in [5, 5.41) is 0.653. The molecule has 0 aromatic heterocycles. The van der Waals surface area contributed by atoms with E-state index in [4.69, 9.17) is 31.5 Å². The van der Waals surface area contributed by atoms with Gasteiger partial charge in [0.2, 0.25) is 0 Å². The highest BCUT2D eigenvalue weighted by Gasteiger charge is 2.16. The van der Waals surface area contributed by atoms with E-state index in [0.29, 0.717) is 24.8 Å². The van der Waals surface area contributed by atoms with Crippen LogP contribution in [0.4, 0.5) is 0 Å². The molecule has 0 spiro atoms. The van der Waals surface area contributed by atoms with Gasteiger partial charge in [0, 0.05) is 22.7 Å². The molecule has 0 unspecified atom stereocenters. The van der Waals surface area contributed by atoms with E-state index in [1.54, 1.807) is 0 Å². The average molecular weight is 306 g/mol. The van der Waals surface area contributed by atoms with Gasteiger partial charge in [-0.15, -0.1) is 0 Å². The van der Waals surface area contributed by atoms with Gasteiger partial charge >= 0.3 is 0 Å². The second kappa shape index (κ2) is 6.35. The van der Waals surface area contributed by atoms with Crippen molar-refractivity contribution in [3.05, 3.63) is 58.1 Å². The Morgan fingerprint density at radius 3 is 2.76 bits per heavy atom. The number of nitrogens with two attached hydrogens (primary N) is 1. The summed E-state index contributed by atoms with van der Waals surface area (Å²) in [6, 6.07) is 11.4. The fourth-order valence-corrected chi connectivity index (χ4v) is 2.51. The first-order valence-electron chi connectivity index (χ1n) is 6.70. The van der Waals surface area contributed by atoms with Gasteiger partial charge in [-0.2, -0.15) is 0 Å². The van der Waals surface area contributed by atoms with Crippen molar-refractivity contribution in [3.8, 4) is 11.5 Å². The largest absolute Gasteiger partial charge is 0.489 e. The Morgan fingerprint density at radius 1 is 1.19 bits per heavy atom. The molecule has 0 bridgehead atoms. The number of hydrogen-bond acceptors (Lipinski definition) is 4. The van der Waals surface area contributed by atoms with Gasteiger partial charge in [-0.3, -0.25) is 0 Å². The second-order valence-corrected chi connectivity index (χ2v) is 5.24. The van der Waals surface area contributed by atoms with Crippen LogP contribution in [0.5, 0.6) is 11.5 Å². The summed E-state index contributed by atoms with van der Waals surface area (Å²) in [5.41, 5.74) is 8.52. The van der Waals surface area contributed by atoms with Gasteiger partial charge in [0.15, 0.2) is 6.79 Å². The number of hydrogen-bond donors (Lipinski definition) is 1. The summed E-state index contributed by atoms with van der Waals surface area (Å²) in [4.78, 5) is 0. The third-order valence-electron chi connectivity index (χ3n) is 3.31. The van der Waals surface area contributed by atoms with Crippen LogP contribution in [0, 0.1) is 0 Å². The lowest BCUT2D eigenvalue weighted by atomic mass is 10.1. The molecule has 2 aromatic rings. The zero-order chi connectivity index (χ0) is 14.7. The summed E-state index contributed by atoms with van der Waals surface area (Å²) >= 11 is 6.12. The molecule has 0 fully saturated rings. The molecular weight excluding hydrogens is 290 g/mol. The molecule has 0 atom stereocenters. The molecule has 1 heterocycles. The van der Waals surface area contributed by atoms with E-state index in [1.165, 1.54) is 0 Å². The van der Waals surface area contributed by atoms with Crippen LogP contribution in [-0.2, 0) is 24.5 Å². The van der Waals surface area contributed by atoms with E-state index in [0.717, 1.165) is 28.2 Å². The van der Waals surface area contributed by atoms with Crippen LogP contribution >= 0.6 is 11.6 Å². The monoisotopic (exact) mass is 305 g/mol. The van der Waals surface area contributed by atoms with E-state index in [2.05, 4.69) is 0 Å². The van der Waals surface area contributed by atoms with Gasteiger partial charge in [0.25, 0.3) is 0 Å². The molecule has 0 saturated carbocycles. The van der Waals surface area contributed by atoms with Crippen molar-refractivity contribution >= 4 is 11.6 Å². The summed E-state index contributed by atoms with van der Waals surface area (Å²) in [6.07, 6.45) is 0. The van der Waals surface area contributed by atoms with E-state index in [-0.39, 0.29) is 6.79 Å². The third-order valence-corrected chi connectivity index (χ3v) is 3.52. The minimum absolute atomic E-state index is 0.257. The van der Waals surface area contributed by atoms with Crippen LogP contribution in [0.25, 0.3) is 0 Å². The first kappa shape index (κ1) is 14.2. The highest BCUT2D eigenvalue weighted by molar-refractivity contribution is 6.30. The Kier molecular flexibility index (Phi) is 4.29. The zero-order valence-electron chi connectivity index (χ0n) is 11.5. The van der Waals surface area contributed by atoms with Crippen molar-refractivity contribution < 1.29 is 14.2 Å². The minimum atomic E-state index is 0.257. The minimum Gasteiger partial charge on any atom is -0.489 e. The standard InChI is InChI=1S/C16H16ClNO3/c17-14-5-12-8-19-10-21-16(12)13(6-14)9-20-15-3-1-11(7-18)2-4-15/h1-6H,7-10,18H2. The summed E-state index contributed by atoms with van der Waals surface area (Å²) in [7, 11) is 0. The van der Waals surface area contributed by atoms with Gasteiger partial charge in [0.1, 0.15) is 18.1 Å². The van der Waals surface area contributed by atoms with Crippen LogP contribution in [0.3, 0.4) is 0 Å². The predicted octanol–water partition coefficient (Wildman–Crippen LogP) is 3.24. The van der Waals surface area contributed by atoms with Crippen LogP contribution < -0.4 is 15.2 Å². The normalized spacial score (nSPS) is 13.4. The molecule has 5 heteroatoms. The average Bonchev–Trinajstić information content (AvgIpc) is 2.53. The fourth-order valence-electron chi connectivity index (χ4n) is 2.25. The van der Waals surface area contributed by atoms with Gasteiger partial charge in [-0.1, -0.05) is 23.7 Å². The highest BCUT2D eigenvalue weighted by atomic mass is 35.5. The summed E-state index contributed by atoms with van der Waals surface area (Å²) in [5.74, 6) is 1.59. The lowest BCUT2D eigenvalue weighted by molar-refractivity contribution is -0.0175. The zero-order valence-corrected chi connectivity index (χ0v) is 12.2. The molecule has 0 saturated heterocycles. The van der Waals surface area contributed by atoms with Crippen molar-refractivity contribution in [1.82, 2.24) is 0 Å². The van der Waals surface area contributed by atoms with Gasteiger partial charge in [0.05, 0.1) is 6.61 Å². The number of ether oxygens (including phenoxy) is 3. The Labute approximate surface area is 128 Å². The molecule has 0 radical (unpaired) electrons. The molecule has 3 rings (SSSR count). The van der Waals surface area contributed by atoms with Crippen LogP contribution in [0.1, 0.15) is 16.7 Å². The van der Waals surface area contributed by atoms with Gasteiger partial charge in [-0.25, -0.2) is 0 Å². The van der Waals surface area contributed by atoms with Crippen LogP contribution in [0.2, 0.25) is 5.02 Å². The SMILES string of the molecule is NCc1ccc(OCc2cc(Cl)cc3c2OCOC3)cc1. The quantitative estimate of drug-likeness (QED) is 0.942. The number of benzene rings is 2. The molecule has 110 valence electrons. The summed E-state index contributed by atoms with van der Waals surface area (Å²) < 4.78 is 16.6. The Morgan fingerprint density at radius 2 is 2.00 bits per heavy atom. The van der Waals surface area contributed by atoms with Gasteiger partial charge in [-0.05, 0) is 29.8 Å². The van der Waals surface area contributed by atoms with Crippen LogP contribution in [-0.4, -0.2) is 6.79 Å². The van der Waals surface area contributed by atoms with Crippen molar-refractivity contribution in [2.24, 2.45) is 5.73 Å². The molecule has 0 aliphatic carbocycles. The molecule has 2 aromatic carbocycles. The van der Waals surface area contributed by atoms with Crippen molar-refractivity contribution in [3.63, 3.8) is 0 Å². The maximum atomic E-state index is 6.12. The molecule has 2 N–H and O–H groups in total. The van der Waals surface area contributed by atoms with Crippen LogP contribution in [0.15, 0.2) is 36.4 Å². The van der Waals surface area contributed by atoms with Gasteiger partial charge < -0.3 is 19.9 Å². The lowest BCUT2D eigenvalue weighted by Crippen LogP contribution is -2.14. The molecule has 4 nitrogen and oxygen atoms in total. The highest BCUT2D eigenvalue weighted by Crippen LogP contribution is 2.32. The smallest absolute Gasteiger partial charge is 0.189 e. The van der Waals surface area contributed by atoms with E-state index < -0.39 is 0 Å². The number of rotatable bonds is 4. The number of halogens is 1. The Balaban J connectivity index is 1.76. The van der Waals surface area contributed by atoms with Crippen molar-refractivity contribution in [2.45, 2.75) is 19.8 Å². The molecule has 1 aliphatic rings. The van der Waals surface area contributed by atoms with E-state index in [9.17, 15) is 0 Å². The Hall–Kier alpha value is -1.75. The second-order valence-electron chi connectivity index (χ2n) is 4.80. The first-order chi connectivity index (χ1) is 10.3. The Bertz CT molecular complexity index is 628. The van der Waals surface area contributed by atoms with Crippen molar-refractivity contribution in [2.75, 3.05) is 6.79 Å². The maximum absolute atomic E-state index is 6.12. The molecule has 0 amide bonds. The summed E-state index contributed by atoms with van der Waals surface area (Å²) in [6.45, 7) is 1.68. The number of fused-ring (bicyclic) bond motifs is 1. The van der Waals surface area contributed by atoms with E-state index >= 15 is 0 Å². The molecule has 1 aliphatic heterocycles. The van der Waals surface area contributed by atoms with E-state index in [1.807, 2.05) is 36.4 Å². The fraction of sp³-hybridized carbons (Fsp3) is 0.250. The lowest BCUT2D eigenvalue weighted by Gasteiger charge is -2.21. The maximum Gasteiger partial charge on any atom is 0.189 e.